The van der Waals surface area contributed by atoms with Crippen LogP contribution in [0, 0.1) is 6.92 Å². The quantitative estimate of drug-likeness (QED) is 0.869. The molecule has 1 N–H and O–H groups in total. The van der Waals surface area contributed by atoms with Crippen molar-refractivity contribution in [1.82, 2.24) is 0 Å². The number of sulfone groups is 1. The molecule has 1 atom stereocenters. The Labute approximate surface area is 106 Å². The van der Waals surface area contributed by atoms with Crippen LogP contribution in [0.5, 0.6) is 0 Å². The molecule has 0 fully saturated rings. The molecule has 0 bridgehead atoms. The Balaban J connectivity index is 2.64. The fraction of sp³-hybridized carbons (Fsp3) is 0.417. The standard InChI is InChI=1S/C12H15NO4S/c1-8-4-3-5-10-12(8)13(6-11(14)15)9(2)7-18(10,16)17/h3-5,9H,6-7H2,1-2H3,(H,14,15). The normalized spacial score (nSPS) is 21.4. The second kappa shape index (κ2) is 4.28. The van der Waals surface area contributed by atoms with Crippen molar-refractivity contribution >= 4 is 21.5 Å². The Kier molecular flexibility index (Phi) is 3.06. The lowest BCUT2D eigenvalue weighted by molar-refractivity contribution is -0.135. The van der Waals surface area contributed by atoms with Gasteiger partial charge in [-0.05, 0) is 25.5 Å². The number of hydrogen-bond acceptors (Lipinski definition) is 4. The van der Waals surface area contributed by atoms with Gasteiger partial charge >= 0.3 is 5.97 Å². The van der Waals surface area contributed by atoms with E-state index in [0.717, 1.165) is 5.56 Å². The van der Waals surface area contributed by atoms with Crippen molar-refractivity contribution in [3.63, 3.8) is 0 Å². The van der Waals surface area contributed by atoms with E-state index in [4.69, 9.17) is 5.11 Å². The van der Waals surface area contributed by atoms with Crippen LogP contribution in [0.4, 0.5) is 5.69 Å². The maximum atomic E-state index is 12.1. The smallest absolute Gasteiger partial charge is 0.323 e. The topological polar surface area (TPSA) is 74.7 Å². The van der Waals surface area contributed by atoms with Crippen LogP contribution in [0.1, 0.15) is 12.5 Å². The summed E-state index contributed by atoms with van der Waals surface area (Å²) in [6.45, 7) is 3.34. The number of rotatable bonds is 2. The molecule has 98 valence electrons. The molecule has 0 saturated carbocycles. The highest BCUT2D eigenvalue weighted by atomic mass is 32.2. The molecule has 0 amide bonds. The van der Waals surface area contributed by atoms with Gasteiger partial charge < -0.3 is 10.0 Å². The van der Waals surface area contributed by atoms with Crippen molar-refractivity contribution in [2.24, 2.45) is 0 Å². The molecule has 1 aromatic rings. The van der Waals surface area contributed by atoms with Crippen molar-refractivity contribution < 1.29 is 18.3 Å². The summed E-state index contributed by atoms with van der Waals surface area (Å²) in [4.78, 5) is 12.8. The van der Waals surface area contributed by atoms with Gasteiger partial charge in [0.25, 0.3) is 0 Å². The van der Waals surface area contributed by atoms with E-state index in [2.05, 4.69) is 0 Å². The molecule has 1 aliphatic heterocycles. The summed E-state index contributed by atoms with van der Waals surface area (Å²) in [5.74, 6) is -1.01. The zero-order chi connectivity index (χ0) is 13.5. The largest absolute Gasteiger partial charge is 0.480 e. The number of nitrogens with zero attached hydrogens (tertiary/aromatic N) is 1. The lowest BCUT2D eigenvalue weighted by Crippen LogP contribution is -2.45. The summed E-state index contributed by atoms with van der Waals surface area (Å²) in [5, 5.41) is 8.94. The van der Waals surface area contributed by atoms with Crippen molar-refractivity contribution in [2.45, 2.75) is 24.8 Å². The number of anilines is 1. The number of benzene rings is 1. The summed E-state index contributed by atoms with van der Waals surface area (Å²) in [6.07, 6.45) is 0. The second-order valence-electron chi connectivity index (χ2n) is 4.57. The Morgan fingerprint density at radius 3 is 2.78 bits per heavy atom. The van der Waals surface area contributed by atoms with Crippen LogP contribution in [-0.2, 0) is 14.6 Å². The number of carboxylic acid groups (broad SMARTS) is 1. The first-order valence-electron chi connectivity index (χ1n) is 5.64. The first kappa shape index (κ1) is 12.9. The maximum Gasteiger partial charge on any atom is 0.323 e. The van der Waals surface area contributed by atoms with Crippen LogP contribution in [0.3, 0.4) is 0 Å². The fourth-order valence-electron chi connectivity index (χ4n) is 2.35. The van der Waals surface area contributed by atoms with Gasteiger partial charge in [-0.15, -0.1) is 0 Å². The second-order valence-corrected chi connectivity index (χ2v) is 6.58. The van der Waals surface area contributed by atoms with Gasteiger partial charge in [0.05, 0.1) is 16.3 Å². The van der Waals surface area contributed by atoms with E-state index >= 15 is 0 Å². The predicted molar refractivity (Wildman–Crippen MR) is 67.7 cm³/mol. The fourth-order valence-corrected chi connectivity index (χ4v) is 4.20. The average Bonchev–Trinajstić information content (AvgIpc) is 2.23. The predicted octanol–water partition coefficient (Wildman–Crippen LogP) is 1.06. The Hall–Kier alpha value is -1.56. The lowest BCUT2D eigenvalue weighted by atomic mass is 10.1. The van der Waals surface area contributed by atoms with Gasteiger partial charge in [-0.3, -0.25) is 4.79 Å². The average molecular weight is 269 g/mol. The zero-order valence-electron chi connectivity index (χ0n) is 10.3. The van der Waals surface area contributed by atoms with Gasteiger partial charge in [-0.1, -0.05) is 12.1 Å². The van der Waals surface area contributed by atoms with E-state index in [1.54, 1.807) is 36.9 Å². The molecule has 0 aliphatic carbocycles. The van der Waals surface area contributed by atoms with Crippen molar-refractivity contribution in [1.29, 1.82) is 0 Å². The molecule has 2 rings (SSSR count). The van der Waals surface area contributed by atoms with Crippen molar-refractivity contribution in [2.75, 3.05) is 17.2 Å². The Morgan fingerprint density at radius 1 is 1.50 bits per heavy atom. The van der Waals surface area contributed by atoms with Crippen molar-refractivity contribution in [3.05, 3.63) is 23.8 Å². The van der Waals surface area contributed by atoms with Gasteiger partial charge in [0.15, 0.2) is 9.84 Å². The van der Waals surface area contributed by atoms with Gasteiger partial charge in [-0.25, -0.2) is 8.42 Å². The number of para-hydroxylation sites is 1. The number of hydrogen-bond donors (Lipinski definition) is 1. The molecule has 1 unspecified atom stereocenters. The molecule has 5 nitrogen and oxygen atoms in total. The molecule has 6 heteroatoms. The van der Waals surface area contributed by atoms with E-state index in [1.807, 2.05) is 0 Å². The minimum Gasteiger partial charge on any atom is -0.480 e. The van der Waals surface area contributed by atoms with Crippen LogP contribution in [0.25, 0.3) is 0 Å². The van der Waals surface area contributed by atoms with E-state index in [0.29, 0.717) is 5.69 Å². The lowest BCUT2D eigenvalue weighted by Gasteiger charge is -2.36. The SMILES string of the molecule is Cc1cccc2c1N(CC(=O)O)C(C)CS2(=O)=O. The van der Waals surface area contributed by atoms with Gasteiger partial charge in [0, 0.05) is 6.04 Å². The summed E-state index contributed by atoms with van der Waals surface area (Å²) in [5.41, 5.74) is 1.31. The molecule has 0 spiro atoms. The van der Waals surface area contributed by atoms with Crippen molar-refractivity contribution in [3.8, 4) is 0 Å². The van der Waals surface area contributed by atoms with Gasteiger partial charge in [0.2, 0.25) is 0 Å². The summed E-state index contributed by atoms with van der Waals surface area (Å²) >= 11 is 0. The number of carboxylic acids is 1. The van der Waals surface area contributed by atoms with Gasteiger partial charge in [0.1, 0.15) is 6.54 Å². The Bertz CT molecular complexity index is 594. The molecule has 0 radical (unpaired) electrons. The summed E-state index contributed by atoms with van der Waals surface area (Å²) < 4.78 is 24.2. The molecule has 0 saturated heterocycles. The minimum absolute atomic E-state index is 0.0449. The first-order valence-corrected chi connectivity index (χ1v) is 7.29. The Morgan fingerprint density at radius 2 is 2.17 bits per heavy atom. The van der Waals surface area contributed by atoms with E-state index in [9.17, 15) is 13.2 Å². The monoisotopic (exact) mass is 269 g/mol. The molecular formula is C12H15NO4S. The molecular weight excluding hydrogens is 254 g/mol. The highest BCUT2D eigenvalue weighted by Gasteiger charge is 2.34. The van der Waals surface area contributed by atoms with E-state index < -0.39 is 15.8 Å². The number of aliphatic carboxylic acids is 1. The van der Waals surface area contributed by atoms with Crippen LogP contribution >= 0.6 is 0 Å². The number of fused-ring (bicyclic) bond motifs is 1. The van der Waals surface area contributed by atoms with Gasteiger partial charge in [-0.2, -0.15) is 0 Å². The third-order valence-electron chi connectivity index (χ3n) is 3.12. The van der Waals surface area contributed by atoms with E-state index in [1.165, 1.54) is 0 Å². The molecule has 18 heavy (non-hydrogen) atoms. The highest BCUT2D eigenvalue weighted by Crippen LogP contribution is 2.35. The minimum atomic E-state index is -3.32. The molecule has 1 aliphatic rings. The summed E-state index contributed by atoms with van der Waals surface area (Å²) in [7, 11) is -3.32. The third kappa shape index (κ3) is 2.08. The third-order valence-corrected chi connectivity index (χ3v) is 5.04. The van der Waals surface area contributed by atoms with Crippen LogP contribution < -0.4 is 4.90 Å². The molecule has 0 aromatic heterocycles. The molecule has 1 aromatic carbocycles. The zero-order valence-corrected chi connectivity index (χ0v) is 11.1. The van der Waals surface area contributed by atoms with E-state index in [-0.39, 0.29) is 23.2 Å². The molecule has 1 heterocycles. The highest BCUT2D eigenvalue weighted by molar-refractivity contribution is 7.91. The number of aryl methyl sites for hydroxylation is 1. The first-order chi connectivity index (χ1) is 8.33. The maximum absolute atomic E-state index is 12.1. The van der Waals surface area contributed by atoms with Crippen LogP contribution in [0.2, 0.25) is 0 Å². The summed E-state index contributed by atoms with van der Waals surface area (Å²) in [6, 6.07) is 4.68. The number of carbonyl (C=O) groups is 1. The van der Waals surface area contributed by atoms with Crippen LogP contribution in [0.15, 0.2) is 23.1 Å². The van der Waals surface area contributed by atoms with Crippen LogP contribution in [-0.4, -0.2) is 37.8 Å².